The van der Waals surface area contributed by atoms with Crippen LogP contribution in [0.5, 0.6) is 0 Å². The number of fused-ring (bicyclic) bond motifs is 1. The number of nitrogens with two attached hydrogens (primary N) is 1. The van der Waals surface area contributed by atoms with Crippen LogP contribution in [-0.4, -0.2) is 71.1 Å². The second kappa shape index (κ2) is 9.70. The van der Waals surface area contributed by atoms with E-state index in [1.165, 1.54) is 0 Å². The summed E-state index contributed by atoms with van der Waals surface area (Å²) in [5.74, 6) is -1.92. The Morgan fingerprint density at radius 1 is 1.09 bits per heavy atom. The van der Waals surface area contributed by atoms with Crippen molar-refractivity contribution in [2.75, 3.05) is 25.0 Å². The molecule has 2 saturated heterocycles. The second-order valence-electron chi connectivity index (χ2n) is 8.80. The lowest BCUT2D eigenvalue weighted by atomic mass is 10.0. The third-order valence-electron chi connectivity index (χ3n) is 6.43. The number of unbranched alkanes of at least 4 members (excludes halogenated alkanes) is 2. The zero-order valence-corrected chi connectivity index (χ0v) is 18.5. The molecule has 3 aliphatic heterocycles. The number of benzene rings is 1. The maximum absolute atomic E-state index is 13.1. The maximum Gasteiger partial charge on any atom is 0.264 e. The Kier molecular flexibility index (Phi) is 6.73. The Labute approximate surface area is 191 Å². The van der Waals surface area contributed by atoms with Crippen LogP contribution in [0.2, 0.25) is 0 Å². The lowest BCUT2D eigenvalue weighted by Crippen LogP contribution is -2.54. The van der Waals surface area contributed by atoms with E-state index >= 15 is 0 Å². The number of anilines is 1. The summed E-state index contributed by atoms with van der Waals surface area (Å²) in [6.07, 6.45) is 4.00. The van der Waals surface area contributed by atoms with Crippen LogP contribution in [0, 0.1) is 0 Å². The number of nitrogens with one attached hydrogen (secondary N) is 2. The van der Waals surface area contributed by atoms with Gasteiger partial charge in [0.1, 0.15) is 6.04 Å². The van der Waals surface area contributed by atoms with Crippen molar-refractivity contribution in [3.63, 3.8) is 0 Å². The summed E-state index contributed by atoms with van der Waals surface area (Å²) in [6.45, 7) is 1.96. The van der Waals surface area contributed by atoms with Crippen LogP contribution in [0.3, 0.4) is 0 Å². The van der Waals surface area contributed by atoms with Gasteiger partial charge in [-0.25, -0.2) is 0 Å². The van der Waals surface area contributed by atoms with E-state index in [-0.39, 0.29) is 35.9 Å². The van der Waals surface area contributed by atoms with Crippen LogP contribution in [0.4, 0.5) is 5.69 Å². The van der Waals surface area contributed by atoms with E-state index in [0.29, 0.717) is 25.2 Å². The number of amides is 5. The maximum atomic E-state index is 13.1. The second-order valence-corrected chi connectivity index (χ2v) is 8.80. The molecule has 0 bridgehead atoms. The van der Waals surface area contributed by atoms with Gasteiger partial charge in [-0.2, -0.15) is 0 Å². The predicted molar refractivity (Wildman–Crippen MR) is 119 cm³/mol. The van der Waals surface area contributed by atoms with Crippen molar-refractivity contribution in [2.45, 2.75) is 57.0 Å². The number of imide groups is 2. The lowest BCUT2D eigenvalue weighted by Gasteiger charge is -2.27. The van der Waals surface area contributed by atoms with E-state index in [9.17, 15) is 24.0 Å². The number of carbonyl (C=O) groups excluding carboxylic acids is 5. The van der Waals surface area contributed by atoms with Crippen LogP contribution >= 0.6 is 0 Å². The van der Waals surface area contributed by atoms with E-state index in [1.807, 2.05) is 4.90 Å². The number of hydrogen-bond acceptors (Lipinski definition) is 7. The Morgan fingerprint density at radius 2 is 1.91 bits per heavy atom. The molecule has 176 valence electrons. The zero-order chi connectivity index (χ0) is 23.5. The predicted octanol–water partition coefficient (Wildman–Crippen LogP) is 0.620. The minimum atomic E-state index is -0.981. The smallest absolute Gasteiger partial charge is 0.264 e. The summed E-state index contributed by atoms with van der Waals surface area (Å²) in [4.78, 5) is 64.5. The van der Waals surface area contributed by atoms with Crippen molar-refractivity contribution in [3.8, 4) is 0 Å². The van der Waals surface area contributed by atoms with Crippen molar-refractivity contribution in [3.05, 3.63) is 29.3 Å². The molecule has 4 rings (SSSR count). The van der Waals surface area contributed by atoms with Crippen molar-refractivity contribution in [1.29, 1.82) is 0 Å². The fourth-order valence-corrected chi connectivity index (χ4v) is 4.64. The first-order valence-corrected chi connectivity index (χ1v) is 11.5. The van der Waals surface area contributed by atoms with Crippen LogP contribution in [0.1, 0.15) is 65.7 Å². The minimum absolute atomic E-state index is 0.0853. The summed E-state index contributed by atoms with van der Waals surface area (Å²) < 4.78 is 0. The van der Waals surface area contributed by atoms with Crippen molar-refractivity contribution in [1.82, 2.24) is 15.1 Å². The van der Waals surface area contributed by atoms with Gasteiger partial charge in [0.05, 0.1) is 11.1 Å². The van der Waals surface area contributed by atoms with Crippen LogP contribution < -0.4 is 16.4 Å². The molecule has 5 amide bonds. The number of hydrogen-bond donors (Lipinski definition) is 3. The molecule has 3 aliphatic rings. The Balaban J connectivity index is 1.29. The summed E-state index contributed by atoms with van der Waals surface area (Å²) >= 11 is 0. The Hall–Kier alpha value is -3.27. The highest BCUT2D eigenvalue weighted by molar-refractivity contribution is 6.25. The first-order chi connectivity index (χ1) is 15.9. The van der Waals surface area contributed by atoms with Gasteiger partial charge in [0, 0.05) is 44.2 Å². The molecular formula is C23H29N5O5. The quantitative estimate of drug-likeness (QED) is 0.385. The van der Waals surface area contributed by atoms with Crippen molar-refractivity contribution in [2.24, 2.45) is 5.73 Å². The van der Waals surface area contributed by atoms with Gasteiger partial charge in [0.15, 0.2) is 0 Å². The van der Waals surface area contributed by atoms with E-state index in [1.54, 1.807) is 18.2 Å². The molecule has 10 heteroatoms. The van der Waals surface area contributed by atoms with Crippen LogP contribution in [-0.2, 0) is 14.4 Å². The molecule has 2 atom stereocenters. The van der Waals surface area contributed by atoms with E-state index in [4.69, 9.17) is 5.73 Å². The summed E-state index contributed by atoms with van der Waals surface area (Å²) in [5, 5.41) is 5.42. The zero-order valence-electron chi connectivity index (χ0n) is 18.5. The molecule has 3 heterocycles. The molecule has 1 unspecified atom stereocenters. The van der Waals surface area contributed by atoms with Crippen molar-refractivity contribution < 1.29 is 24.0 Å². The molecule has 2 fully saturated rings. The molecule has 0 spiro atoms. The monoisotopic (exact) mass is 455 g/mol. The highest BCUT2D eigenvalue weighted by atomic mass is 16.2. The average molecular weight is 456 g/mol. The molecule has 0 aromatic heterocycles. The molecular weight excluding hydrogens is 426 g/mol. The SMILES string of the molecule is N[C@@H]1CCN(C(=O)CCCCCNc2cccc3c2C(=O)N(C2CCC(=O)NC2=O)C3=O)C1. The highest BCUT2D eigenvalue weighted by Gasteiger charge is 2.45. The molecule has 0 radical (unpaired) electrons. The largest absolute Gasteiger partial charge is 0.384 e. The number of carbonyl (C=O) groups is 5. The third kappa shape index (κ3) is 4.75. The minimum Gasteiger partial charge on any atom is -0.384 e. The van der Waals surface area contributed by atoms with Gasteiger partial charge in [0.25, 0.3) is 11.8 Å². The van der Waals surface area contributed by atoms with Crippen LogP contribution in [0.15, 0.2) is 18.2 Å². The molecule has 10 nitrogen and oxygen atoms in total. The lowest BCUT2D eigenvalue weighted by molar-refractivity contribution is -0.136. The highest BCUT2D eigenvalue weighted by Crippen LogP contribution is 2.32. The molecule has 0 aliphatic carbocycles. The fourth-order valence-electron chi connectivity index (χ4n) is 4.64. The van der Waals surface area contributed by atoms with E-state index in [0.717, 1.165) is 37.1 Å². The Morgan fingerprint density at radius 3 is 2.64 bits per heavy atom. The van der Waals surface area contributed by atoms with Crippen LogP contribution in [0.25, 0.3) is 0 Å². The summed E-state index contributed by atoms with van der Waals surface area (Å²) in [7, 11) is 0. The van der Waals surface area contributed by atoms with Crippen molar-refractivity contribution >= 4 is 35.2 Å². The van der Waals surface area contributed by atoms with E-state index in [2.05, 4.69) is 10.6 Å². The van der Waals surface area contributed by atoms with Gasteiger partial charge in [0.2, 0.25) is 17.7 Å². The first kappa shape index (κ1) is 22.9. The fraction of sp³-hybridized carbons (Fsp3) is 0.522. The molecule has 4 N–H and O–H groups in total. The number of piperidine rings is 1. The van der Waals surface area contributed by atoms with Gasteiger partial charge in [-0.3, -0.25) is 34.2 Å². The van der Waals surface area contributed by atoms with Gasteiger partial charge in [-0.05, 0) is 37.8 Å². The topological polar surface area (TPSA) is 142 Å². The number of nitrogens with zero attached hydrogens (tertiary/aromatic N) is 2. The molecule has 33 heavy (non-hydrogen) atoms. The first-order valence-electron chi connectivity index (χ1n) is 11.5. The van der Waals surface area contributed by atoms with Gasteiger partial charge in [-0.15, -0.1) is 0 Å². The summed E-state index contributed by atoms with van der Waals surface area (Å²) in [5.41, 5.74) is 6.90. The standard InChI is InChI=1S/C23H29N5O5/c24-14-10-12-27(13-14)19(30)7-2-1-3-11-25-16-6-4-5-15-20(16)23(33)28(22(15)32)17-8-9-18(29)26-21(17)31/h4-6,14,17,25H,1-3,7-13,24H2,(H,26,29,31)/t14-,17?/m1/s1. The normalized spacial score (nSPS) is 22.6. The summed E-state index contributed by atoms with van der Waals surface area (Å²) in [6, 6.07) is 4.11. The molecule has 1 aromatic rings. The van der Waals surface area contributed by atoms with Gasteiger partial charge < -0.3 is 16.0 Å². The van der Waals surface area contributed by atoms with Gasteiger partial charge in [-0.1, -0.05) is 12.5 Å². The Bertz CT molecular complexity index is 993. The van der Waals surface area contributed by atoms with Gasteiger partial charge >= 0.3 is 0 Å². The number of rotatable bonds is 8. The average Bonchev–Trinajstić information content (AvgIpc) is 3.33. The molecule has 1 aromatic carbocycles. The van der Waals surface area contributed by atoms with E-state index < -0.39 is 29.7 Å². The molecule has 0 saturated carbocycles. The third-order valence-corrected chi connectivity index (χ3v) is 6.43. The number of likely N-dealkylation sites (tertiary alicyclic amines) is 1.